The highest BCUT2D eigenvalue weighted by Crippen LogP contribution is 2.40. The van der Waals surface area contributed by atoms with Crippen molar-refractivity contribution in [3.8, 4) is 45.4 Å². The van der Waals surface area contributed by atoms with E-state index < -0.39 is 0 Å². The van der Waals surface area contributed by atoms with E-state index in [9.17, 15) is 0 Å². The van der Waals surface area contributed by atoms with Gasteiger partial charge in [-0.25, -0.2) is 15.0 Å². The van der Waals surface area contributed by atoms with E-state index >= 15 is 0 Å². The molecule has 0 aliphatic rings. The fourth-order valence-corrected chi connectivity index (χ4v) is 7.32. The Morgan fingerprint density at radius 2 is 1.04 bits per heavy atom. The number of benzene rings is 6. The molecule has 0 aliphatic carbocycles. The number of aromatic nitrogens is 4. The summed E-state index contributed by atoms with van der Waals surface area (Å²) >= 11 is 1.79. The van der Waals surface area contributed by atoms with Crippen molar-refractivity contribution in [2.24, 2.45) is 0 Å². The zero-order valence-corrected chi connectivity index (χ0v) is 24.9. The molecule has 0 saturated carbocycles. The number of rotatable bonds is 4. The fourth-order valence-electron chi connectivity index (χ4n) is 6.18. The van der Waals surface area contributed by atoms with Crippen LogP contribution in [-0.4, -0.2) is 19.9 Å². The van der Waals surface area contributed by atoms with Crippen LogP contribution in [0.5, 0.6) is 0 Å². The van der Waals surface area contributed by atoms with Crippen molar-refractivity contribution >= 4 is 53.1 Å². The first kappa shape index (κ1) is 25.7. The highest BCUT2D eigenvalue weighted by atomic mass is 32.1. The second-order valence-corrected chi connectivity index (χ2v) is 12.2. The normalized spacial score (nSPS) is 11.6. The molecule has 0 saturated heterocycles. The van der Waals surface area contributed by atoms with Crippen LogP contribution in [0.25, 0.3) is 87.1 Å². The van der Waals surface area contributed by atoms with Crippen LogP contribution in [0.2, 0.25) is 0 Å². The van der Waals surface area contributed by atoms with E-state index in [2.05, 4.69) is 127 Å². The average molecular weight is 593 g/mol. The van der Waals surface area contributed by atoms with Crippen LogP contribution >= 0.6 is 11.3 Å². The van der Waals surface area contributed by atoms with E-state index in [0.29, 0.717) is 23.2 Å². The highest BCUT2D eigenvalue weighted by Gasteiger charge is 2.17. The predicted molar refractivity (Wildman–Crippen MR) is 187 cm³/mol. The lowest BCUT2D eigenvalue weighted by molar-refractivity contribution is 1.06. The maximum absolute atomic E-state index is 5.11. The molecular formula is C40H24N4S. The van der Waals surface area contributed by atoms with Crippen molar-refractivity contribution < 1.29 is 0 Å². The molecule has 0 atom stereocenters. The summed E-state index contributed by atoms with van der Waals surface area (Å²) in [6.45, 7) is 0. The molecule has 0 spiro atoms. The number of hydrogen-bond donors (Lipinski definition) is 0. The standard InChI is InChI=1S/C40H24N4S/c1-2-11-29-24-41-34(23-28(29)10-1)40-43-38(27-21-19-26(20-22-27)31-15-7-12-25-9-3-4-13-30(25)31)42-39(44-40)33-16-8-18-36-37(33)32-14-5-6-17-35(32)45-36/h1-24H. The third-order valence-electron chi connectivity index (χ3n) is 8.38. The quantitative estimate of drug-likeness (QED) is 0.204. The van der Waals surface area contributed by atoms with Gasteiger partial charge in [-0.3, -0.25) is 4.98 Å². The van der Waals surface area contributed by atoms with Crippen molar-refractivity contribution in [2.75, 3.05) is 0 Å². The molecule has 9 rings (SSSR count). The molecule has 0 fully saturated rings. The molecule has 45 heavy (non-hydrogen) atoms. The Morgan fingerprint density at radius 3 is 1.93 bits per heavy atom. The summed E-state index contributed by atoms with van der Waals surface area (Å²) in [6.07, 6.45) is 1.89. The summed E-state index contributed by atoms with van der Waals surface area (Å²) in [4.78, 5) is 20.0. The Balaban J connectivity index is 1.23. The van der Waals surface area contributed by atoms with E-state index in [1.807, 2.05) is 18.3 Å². The Kier molecular flexibility index (Phi) is 5.96. The zero-order valence-electron chi connectivity index (χ0n) is 24.1. The van der Waals surface area contributed by atoms with Gasteiger partial charge in [0.2, 0.25) is 0 Å². The summed E-state index contributed by atoms with van der Waals surface area (Å²) in [5.41, 5.74) is 4.98. The van der Waals surface area contributed by atoms with Crippen LogP contribution in [-0.2, 0) is 0 Å². The maximum Gasteiger partial charge on any atom is 0.182 e. The minimum absolute atomic E-state index is 0.551. The van der Waals surface area contributed by atoms with Gasteiger partial charge in [-0.2, -0.15) is 0 Å². The van der Waals surface area contributed by atoms with Gasteiger partial charge in [-0.1, -0.05) is 121 Å². The first-order valence-corrected chi connectivity index (χ1v) is 15.7. The number of pyridine rings is 1. The van der Waals surface area contributed by atoms with Crippen LogP contribution in [0.3, 0.4) is 0 Å². The summed E-state index contributed by atoms with van der Waals surface area (Å²) in [6, 6.07) is 48.6. The molecule has 0 radical (unpaired) electrons. The molecule has 3 aromatic heterocycles. The van der Waals surface area contributed by atoms with Crippen LogP contribution < -0.4 is 0 Å². The molecule has 6 aromatic carbocycles. The van der Waals surface area contributed by atoms with Crippen LogP contribution in [0.1, 0.15) is 0 Å². The molecule has 0 unspecified atom stereocenters. The van der Waals surface area contributed by atoms with E-state index in [-0.39, 0.29) is 0 Å². The Morgan fingerprint density at radius 1 is 0.422 bits per heavy atom. The lowest BCUT2D eigenvalue weighted by Gasteiger charge is -2.11. The van der Waals surface area contributed by atoms with Crippen molar-refractivity contribution in [1.29, 1.82) is 0 Å². The first-order valence-electron chi connectivity index (χ1n) is 14.9. The molecule has 0 bridgehead atoms. The van der Waals surface area contributed by atoms with Crippen molar-refractivity contribution in [2.45, 2.75) is 0 Å². The second-order valence-electron chi connectivity index (χ2n) is 11.1. The first-order chi connectivity index (χ1) is 22.3. The molecule has 0 N–H and O–H groups in total. The van der Waals surface area contributed by atoms with Crippen LogP contribution in [0, 0.1) is 0 Å². The third-order valence-corrected chi connectivity index (χ3v) is 9.52. The summed E-state index contributed by atoms with van der Waals surface area (Å²) < 4.78 is 2.45. The van der Waals surface area contributed by atoms with Crippen molar-refractivity contribution in [1.82, 2.24) is 19.9 Å². The summed E-state index contributed by atoms with van der Waals surface area (Å²) in [5, 5.41) is 7.00. The largest absolute Gasteiger partial charge is 0.252 e. The second kappa shape index (κ2) is 10.4. The van der Waals surface area contributed by atoms with Gasteiger partial charge in [-0.05, 0) is 45.5 Å². The predicted octanol–water partition coefficient (Wildman–Crippen LogP) is 10.6. The summed E-state index contributed by atoms with van der Waals surface area (Å²) in [7, 11) is 0. The minimum Gasteiger partial charge on any atom is -0.252 e. The maximum atomic E-state index is 5.11. The SMILES string of the molecule is c1ccc2cc(-c3nc(-c4ccc(-c5cccc6ccccc56)cc4)nc(-c4cccc5sc6ccccc6c45)n3)ncc2c1. The Bertz CT molecular complexity index is 2550. The molecule has 5 heteroatoms. The minimum atomic E-state index is 0.551. The lowest BCUT2D eigenvalue weighted by atomic mass is 9.97. The Labute approximate surface area is 263 Å². The van der Waals surface area contributed by atoms with E-state index in [4.69, 9.17) is 19.9 Å². The summed E-state index contributed by atoms with van der Waals surface area (Å²) in [5.74, 6) is 1.80. The van der Waals surface area contributed by atoms with Crippen molar-refractivity contribution in [3.05, 3.63) is 146 Å². The highest BCUT2D eigenvalue weighted by molar-refractivity contribution is 7.25. The fraction of sp³-hybridized carbons (Fsp3) is 0. The van der Waals surface area contributed by atoms with Gasteiger partial charge in [0.1, 0.15) is 5.69 Å². The lowest BCUT2D eigenvalue weighted by Crippen LogP contribution is -2.01. The number of thiophene rings is 1. The molecule has 0 amide bonds. The molecule has 3 heterocycles. The smallest absolute Gasteiger partial charge is 0.182 e. The topological polar surface area (TPSA) is 51.6 Å². The van der Waals surface area contributed by atoms with Gasteiger partial charge in [-0.15, -0.1) is 11.3 Å². The number of nitrogens with zero attached hydrogens (tertiary/aromatic N) is 4. The number of hydrogen-bond acceptors (Lipinski definition) is 5. The molecule has 210 valence electrons. The molecule has 4 nitrogen and oxygen atoms in total. The van der Waals surface area contributed by atoms with Gasteiger partial charge in [0.05, 0.1) is 0 Å². The monoisotopic (exact) mass is 592 g/mol. The van der Waals surface area contributed by atoms with Crippen molar-refractivity contribution in [3.63, 3.8) is 0 Å². The van der Waals surface area contributed by atoms with Gasteiger partial charge >= 0.3 is 0 Å². The zero-order chi connectivity index (χ0) is 29.7. The van der Waals surface area contributed by atoms with E-state index in [0.717, 1.165) is 27.5 Å². The van der Waals surface area contributed by atoms with Crippen LogP contribution in [0.15, 0.2) is 146 Å². The molecular weight excluding hydrogens is 569 g/mol. The van der Waals surface area contributed by atoms with Gasteiger partial charge in [0.15, 0.2) is 17.5 Å². The van der Waals surface area contributed by atoms with Gasteiger partial charge in [0, 0.05) is 42.9 Å². The number of fused-ring (bicyclic) bond motifs is 5. The van der Waals surface area contributed by atoms with Gasteiger partial charge in [0.25, 0.3) is 0 Å². The Hall–Kier alpha value is -5.78. The van der Waals surface area contributed by atoms with E-state index in [1.165, 1.54) is 36.5 Å². The van der Waals surface area contributed by atoms with E-state index in [1.54, 1.807) is 11.3 Å². The van der Waals surface area contributed by atoms with Crippen LogP contribution in [0.4, 0.5) is 0 Å². The third kappa shape index (κ3) is 4.44. The average Bonchev–Trinajstić information content (AvgIpc) is 3.50. The molecule has 9 aromatic rings. The molecule has 0 aliphatic heterocycles. The van der Waals surface area contributed by atoms with Gasteiger partial charge < -0.3 is 0 Å².